The average molecular weight is 432 g/mol. The van der Waals surface area contributed by atoms with Crippen molar-refractivity contribution < 1.29 is 27.8 Å². The second kappa shape index (κ2) is 7.48. The van der Waals surface area contributed by atoms with Crippen LogP contribution in [0.5, 0.6) is 17.2 Å². The first kappa shape index (κ1) is 18.7. The lowest BCUT2D eigenvalue weighted by atomic mass is 10.2. The zero-order valence-corrected chi connectivity index (χ0v) is 16.2. The minimum absolute atomic E-state index is 0.00260. The van der Waals surface area contributed by atoms with Crippen LogP contribution in [0, 0.1) is 11.6 Å². The maximum atomic E-state index is 14.2. The van der Waals surface area contributed by atoms with Gasteiger partial charge in [0.25, 0.3) is 5.91 Å². The summed E-state index contributed by atoms with van der Waals surface area (Å²) >= 11 is 1.22. The highest BCUT2D eigenvalue weighted by atomic mass is 32.2. The van der Waals surface area contributed by atoms with Gasteiger partial charge in [-0.05, 0) is 18.2 Å². The Morgan fingerprint density at radius 3 is 2.90 bits per heavy atom. The molecule has 3 aromatic rings. The molecule has 0 radical (unpaired) electrons. The van der Waals surface area contributed by atoms with Crippen LogP contribution in [0.2, 0.25) is 0 Å². The van der Waals surface area contributed by atoms with E-state index in [0.717, 1.165) is 6.07 Å². The molecule has 1 amide bonds. The molecule has 11 heteroatoms. The Hall–Kier alpha value is -3.34. The molecule has 1 aromatic heterocycles. The quantitative estimate of drug-likeness (QED) is 0.613. The highest BCUT2D eigenvalue weighted by Crippen LogP contribution is 2.35. The zero-order valence-electron chi connectivity index (χ0n) is 15.4. The molecule has 0 bridgehead atoms. The first-order valence-corrected chi connectivity index (χ1v) is 9.92. The van der Waals surface area contributed by atoms with Crippen LogP contribution in [-0.2, 0) is 17.9 Å². The number of amides is 1. The number of carbonyl (C=O) groups excluding carboxylic acids is 1. The Labute approximate surface area is 173 Å². The number of rotatable bonds is 5. The van der Waals surface area contributed by atoms with Gasteiger partial charge in [0, 0.05) is 11.6 Å². The Morgan fingerprint density at radius 2 is 2.00 bits per heavy atom. The molecule has 0 fully saturated rings. The summed E-state index contributed by atoms with van der Waals surface area (Å²) in [6.45, 7) is -0.00489. The Balaban J connectivity index is 1.40. The Bertz CT molecular complexity index is 1140. The van der Waals surface area contributed by atoms with Gasteiger partial charge in [-0.2, -0.15) is 0 Å². The molecule has 0 atom stereocenters. The average Bonchev–Trinajstić information content (AvgIpc) is 3.38. The van der Waals surface area contributed by atoms with Crippen LogP contribution in [0.25, 0.3) is 0 Å². The van der Waals surface area contributed by atoms with Gasteiger partial charge in [-0.1, -0.05) is 23.9 Å². The molecule has 0 unspecified atom stereocenters. The number of ether oxygens (including phenoxy) is 3. The lowest BCUT2D eigenvalue weighted by Gasteiger charge is -2.29. The van der Waals surface area contributed by atoms with E-state index < -0.39 is 11.6 Å². The van der Waals surface area contributed by atoms with Gasteiger partial charge in [-0.3, -0.25) is 4.79 Å². The topological polar surface area (TPSA) is 78.7 Å². The lowest BCUT2D eigenvalue weighted by Crippen LogP contribution is -2.45. The van der Waals surface area contributed by atoms with Crippen molar-refractivity contribution in [2.75, 3.05) is 17.6 Å². The third-order valence-corrected chi connectivity index (χ3v) is 5.50. The fraction of sp³-hybridized carbons (Fsp3) is 0.211. The van der Waals surface area contributed by atoms with Crippen LogP contribution in [0.4, 0.5) is 8.78 Å². The predicted molar refractivity (Wildman–Crippen MR) is 101 cm³/mol. The van der Waals surface area contributed by atoms with Crippen molar-refractivity contribution in [2.45, 2.75) is 18.3 Å². The van der Waals surface area contributed by atoms with E-state index in [2.05, 4.69) is 10.2 Å². The number of halogens is 2. The Morgan fingerprint density at radius 1 is 1.13 bits per heavy atom. The highest BCUT2D eigenvalue weighted by molar-refractivity contribution is 7.99. The van der Waals surface area contributed by atoms with Crippen LogP contribution in [-0.4, -0.2) is 33.3 Å². The van der Waals surface area contributed by atoms with E-state index in [1.54, 1.807) is 18.2 Å². The molecule has 0 N–H and O–H groups in total. The number of hydrogen-bond donors (Lipinski definition) is 0. The monoisotopic (exact) mass is 432 g/mol. The standard InChI is InChI=1S/C19H14F2N4O4S/c20-13-3-1-2-11(18(13)21)7-24-17(26)9-30-19-23-22-16(25(19)24)8-27-12-4-5-14-15(6-12)29-10-28-14/h1-6H,7-10H2. The van der Waals surface area contributed by atoms with Crippen molar-refractivity contribution in [1.29, 1.82) is 0 Å². The van der Waals surface area contributed by atoms with E-state index in [0.29, 0.717) is 28.2 Å². The smallest absolute Gasteiger partial charge is 0.252 e. The molecular weight excluding hydrogens is 418 g/mol. The van der Waals surface area contributed by atoms with Gasteiger partial charge in [0.05, 0.1) is 12.3 Å². The summed E-state index contributed by atoms with van der Waals surface area (Å²) in [6, 6.07) is 9.00. The van der Waals surface area contributed by atoms with E-state index >= 15 is 0 Å². The molecule has 8 nitrogen and oxygen atoms in total. The summed E-state index contributed by atoms with van der Waals surface area (Å²) in [7, 11) is 0. The van der Waals surface area contributed by atoms with Crippen LogP contribution < -0.4 is 19.2 Å². The van der Waals surface area contributed by atoms with Crippen molar-refractivity contribution in [1.82, 2.24) is 14.9 Å². The van der Waals surface area contributed by atoms with Gasteiger partial charge in [0.15, 0.2) is 29.0 Å². The molecule has 0 aliphatic carbocycles. The summed E-state index contributed by atoms with van der Waals surface area (Å²) in [6.07, 6.45) is 0. The van der Waals surface area contributed by atoms with E-state index in [4.69, 9.17) is 14.2 Å². The van der Waals surface area contributed by atoms with Crippen LogP contribution >= 0.6 is 11.8 Å². The van der Waals surface area contributed by atoms with E-state index in [1.165, 1.54) is 33.6 Å². The van der Waals surface area contributed by atoms with E-state index in [-0.39, 0.29) is 37.2 Å². The number of nitrogens with zero attached hydrogens (tertiary/aromatic N) is 4. The largest absolute Gasteiger partial charge is 0.485 e. The molecule has 2 aromatic carbocycles. The molecule has 0 saturated carbocycles. The number of fused-ring (bicyclic) bond motifs is 2. The predicted octanol–water partition coefficient (Wildman–Crippen LogP) is 2.63. The van der Waals surface area contributed by atoms with Gasteiger partial charge >= 0.3 is 0 Å². The molecular formula is C19H14F2N4O4S. The zero-order chi connectivity index (χ0) is 20.7. The van der Waals surface area contributed by atoms with Crippen molar-refractivity contribution in [3.05, 3.63) is 59.4 Å². The highest BCUT2D eigenvalue weighted by Gasteiger charge is 2.30. The SMILES string of the molecule is O=C1CSc2nnc(COc3ccc4c(c3)OCO4)n2N1Cc1cccc(F)c1F. The molecule has 2 aliphatic heterocycles. The normalized spacial score (nSPS) is 14.7. The van der Waals surface area contributed by atoms with Crippen LogP contribution in [0.15, 0.2) is 41.6 Å². The first-order chi connectivity index (χ1) is 14.6. The molecule has 30 heavy (non-hydrogen) atoms. The summed E-state index contributed by atoms with van der Waals surface area (Å²) in [5.41, 5.74) is 0.0533. The minimum Gasteiger partial charge on any atom is -0.485 e. The van der Waals surface area contributed by atoms with Gasteiger partial charge in [-0.15, -0.1) is 10.2 Å². The van der Waals surface area contributed by atoms with Gasteiger partial charge in [0.2, 0.25) is 11.9 Å². The summed E-state index contributed by atoms with van der Waals surface area (Å²) < 4.78 is 45.6. The summed E-state index contributed by atoms with van der Waals surface area (Å²) in [5, 5.41) is 9.95. The molecule has 3 heterocycles. The van der Waals surface area contributed by atoms with Crippen molar-refractivity contribution in [3.8, 4) is 17.2 Å². The molecule has 5 rings (SSSR count). The number of aromatic nitrogens is 3. The third-order valence-electron chi connectivity index (χ3n) is 4.59. The lowest BCUT2D eigenvalue weighted by molar-refractivity contribution is -0.118. The summed E-state index contributed by atoms with van der Waals surface area (Å²) in [5.74, 6) is -0.0393. The minimum atomic E-state index is -0.990. The molecule has 2 aliphatic rings. The van der Waals surface area contributed by atoms with E-state index in [1.807, 2.05) is 0 Å². The molecule has 0 spiro atoms. The fourth-order valence-electron chi connectivity index (χ4n) is 3.14. The second-order valence-electron chi connectivity index (χ2n) is 6.47. The number of hydrogen-bond acceptors (Lipinski definition) is 7. The van der Waals surface area contributed by atoms with Gasteiger partial charge < -0.3 is 14.2 Å². The van der Waals surface area contributed by atoms with Crippen molar-refractivity contribution in [2.24, 2.45) is 0 Å². The van der Waals surface area contributed by atoms with E-state index in [9.17, 15) is 13.6 Å². The third kappa shape index (κ3) is 3.30. The fourth-order valence-corrected chi connectivity index (χ4v) is 3.96. The first-order valence-electron chi connectivity index (χ1n) is 8.93. The molecule has 154 valence electrons. The van der Waals surface area contributed by atoms with Gasteiger partial charge in [0.1, 0.15) is 12.4 Å². The number of carbonyl (C=O) groups is 1. The van der Waals surface area contributed by atoms with Crippen LogP contribution in [0.3, 0.4) is 0 Å². The van der Waals surface area contributed by atoms with Crippen molar-refractivity contribution in [3.63, 3.8) is 0 Å². The van der Waals surface area contributed by atoms with Gasteiger partial charge in [-0.25, -0.2) is 18.5 Å². The maximum Gasteiger partial charge on any atom is 0.252 e. The number of benzene rings is 2. The second-order valence-corrected chi connectivity index (χ2v) is 7.41. The van der Waals surface area contributed by atoms with Crippen LogP contribution in [0.1, 0.15) is 11.4 Å². The van der Waals surface area contributed by atoms with Crippen molar-refractivity contribution >= 4 is 17.7 Å². The summed E-state index contributed by atoms with van der Waals surface area (Å²) in [4.78, 5) is 12.6. The Kier molecular flexibility index (Phi) is 4.66. The number of thioether (sulfide) groups is 1. The molecule has 0 saturated heterocycles. The maximum absolute atomic E-state index is 14.2.